The second kappa shape index (κ2) is 6.31. The summed E-state index contributed by atoms with van der Waals surface area (Å²) < 4.78 is 10.8. The van der Waals surface area contributed by atoms with E-state index in [9.17, 15) is 0 Å². The van der Waals surface area contributed by atoms with Gasteiger partial charge in [0.2, 0.25) is 5.89 Å². The average molecular weight is 286 g/mol. The Balaban J connectivity index is 1.70. The normalized spacial score (nSPS) is 19.6. The summed E-state index contributed by atoms with van der Waals surface area (Å²) in [6, 6.07) is 8.42. The van der Waals surface area contributed by atoms with Crippen molar-refractivity contribution in [1.82, 2.24) is 9.88 Å². The molecule has 0 N–H and O–H groups in total. The van der Waals surface area contributed by atoms with Gasteiger partial charge in [-0.25, -0.2) is 4.98 Å². The lowest BCUT2D eigenvalue weighted by Crippen LogP contribution is -2.36. The van der Waals surface area contributed by atoms with Crippen LogP contribution in [-0.4, -0.2) is 29.6 Å². The topological polar surface area (TPSA) is 38.5 Å². The molecule has 4 heteroatoms. The number of piperidine rings is 1. The van der Waals surface area contributed by atoms with E-state index in [1.807, 2.05) is 24.3 Å². The van der Waals surface area contributed by atoms with E-state index in [1.165, 1.54) is 19.3 Å². The Bertz CT molecular complexity index is 577. The van der Waals surface area contributed by atoms with Crippen LogP contribution in [0, 0.1) is 0 Å². The SMILES string of the molecule is COc1ccc(-c2nc(CN3CCCCC3C)co2)cc1. The van der Waals surface area contributed by atoms with Crippen LogP contribution in [0.25, 0.3) is 11.5 Å². The zero-order chi connectivity index (χ0) is 14.7. The highest BCUT2D eigenvalue weighted by Gasteiger charge is 2.19. The van der Waals surface area contributed by atoms with Gasteiger partial charge in [-0.1, -0.05) is 6.42 Å². The van der Waals surface area contributed by atoms with Gasteiger partial charge in [-0.05, 0) is 50.6 Å². The van der Waals surface area contributed by atoms with Gasteiger partial charge < -0.3 is 9.15 Å². The predicted molar refractivity (Wildman–Crippen MR) is 82.2 cm³/mol. The Morgan fingerprint density at radius 3 is 2.81 bits per heavy atom. The second-order valence-electron chi connectivity index (χ2n) is 5.69. The standard InChI is InChI=1S/C17H22N2O2/c1-13-5-3-4-10-19(13)11-15-12-21-17(18-15)14-6-8-16(20-2)9-7-14/h6-9,12-13H,3-5,10-11H2,1-2H3. The third-order valence-corrected chi connectivity index (χ3v) is 4.19. The molecule has 1 aromatic carbocycles. The largest absolute Gasteiger partial charge is 0.497 e. The van der Waals surface area contributed by atoms with E-state index in [2.05, 4.69) is 16.8 Å². The van der Waals surface area contributed by atoms with Gasteiger partial charge in [-0.15, -0.1) is 0 Å². The number of methoxy groups -OCH3 is 1. The highest BCUT2D eigenvalue weighted by molar-refractivity contribution is 5.54. The summed E-state index contributed by atoms with van der Waals surface area (Å²) in [5.74, 6) is 1.52. The van der Waals surface area contributed by atoms with Crippen LogP contribution in [0.15, 0.2) is 34.9 Å². The number of hydrogen-bond acceptors (Lipinski definition) is 4. The number of hydrogen-bond donors (Lipinski definition) is 0. The van der Waals surface area contributed by atoms with E-state index in [0.717, 1.165) is 30.1 Å². The van der Waals surface area contributed by atoms with Crippen molar-refractivity contribution in [2.75, 3.05) is 13.7 Å². The van der Waals surface area contributed by atoms with Crippen molar-refractivity contribution in [1.29, 1.82) is 0 Å². The summed E-state index contributed by atoms with van der Waals surface area (Å²) in [7, 11) is 1.66. The monoisotopic (exact) mass is 286 g/mol. The van der Waals surface area contributed by atoms with Crippen LogP contribution in [0.5, 0.6) is 5.75 Å². The van der Waals surface area contributed by atoms with Gasteiger partial charge in [0.15, 0.2) is 0 Å². The molecule has 1 saturated heterocycles. The van der Waals surface area contributed by atoms with Crippen molar-refractivity contribution < 1.29 is 9.15 Å². The highest BCUT2D eigenvalue weighted by Crippen LogP contribution is 2.23. The maximum atomic E-state index is 5.62. The maximum Gasteiger partial charge on any atom is 0.226 e. The molecule has 2 aromatic rings. The molecule has 1 fully saturated rings. The lowest BCUT2D eigenvalue weighted by Gasteiger charge is -2.32. The molecule has 1 aliphatic heterocycles. The minimum absolute atomic E-state index is 0.639. The Kier molecular flexibility index (Phi) is 4.25. The van der Waals surface area contributed by atoms with Gasteiger partial charge in [0, 0.05) is 18.2 Å². The number of rotatable bonds is 4. The summed E-state index contributed by atoms with van der Waals surface area (Å²) in [6.45, 7) is 4.33. The fourth-order valence-electron chi connectivity index (χ4n) is 2.85. The molecule has 112 valence electrons. The smallest absolute Gasteiger partial charge is 0.226 e. The summed E-state index contributed by atoms with van der Waals surface area (Å²) in [6.07, 6.45) is 5.69. The van der Waals surface area contributed by atoms with Gasteiger partial charge >= 0.3 is 0 Å². The first-order valence-corrected chi connectivity index (χ1v) is 7.59. The van der Waals surface area contributed by atoms with E-state index in [0.29, 0.717) is 11.9 Å². The third-order valence-electron chi connectivity index (χ3n) is 4.19. The van der Waals surface area contributed by atoms with Crippen LogP contribution >= 0.6 is 0 Å². The number of ether oxygens (including phenoxy) is 1. The molecule has 0 aliphatic carbocycles. The fraction of sp³-hybridized carbons (Fsp3) is 0.471. The first-order chi connectivity index (χ1) is 10.3. The van der Waals surface area contributed by atoms with E-state index >= 15 is 0 Å². The molecule has 4 nitrogen and oxygen atoms in total. The minimum Gasteiger partial charge on any atom is -0.497 e. The summed E-state index contributed by atoms with van der Waals surface area (Å²) in [4.78, 5) is 7.10. The average Bonchev–Trinajstić information content (AvgIpc) is 2.98. The molecule has 2 heterocycles. The Hall–Kier alpha value is -1.81. The van der Waals surface area contributed by atoms with Crippen molar-refractivity contribution in [2.24, 2.45) is 0 Å². The highest BCUT2D eigenvalue weighted by atomic mass is 16.5. The quantitative estimate of drug-likeness (QED) is 0.858. The van der Waals surface area contributed by atoms with Crippen molar-refractivity contribution in [2.45, 2.75) is 38.8 Å². The molecular formula is C17H22N2O2. The van der Waals surface area contributed by atoms with Crippen LogP contribution in [0.4, 0.5) is 0 Å². The van der Waals surface area contributed by atoms with Gasteiger partial charge in [-0.3, -0.25) is 4.90 Å². The van der Waals surface area contributed by atoms with Crippen LogP contribution < -0.4 is 4.74 Å². The molecule has 1 aliphatic rings. The molecule has 1 aromatic heterocycles. The van der Waals surface area contributed by atoms with E-state index in [1.54, 1.807) is 13.4 Å². The van der Waals surface area contributed by atoms with Gasteiger partial charge in [0.05, 0.1) is 12.8 Å². The third kappa shape index (κ3) is 3.27. The van der Waals surface area contributed by atoms with Crippen molar-refractivity contribution >= 4 is 0 Å². The molecule has 0 spiro atoms. The van der Waals surface area contributed by atoms with Crippen LogP contribution in [0.3, 0.4) is 0 Å². The van der Waals surface area contributed by atoms with Gasteiger partial charge in [0.25, 0.3) is 0 Å². The van der Waals surface area contributed by atoms with Crippen LogP contribution in [-0.2, 0) is 6.54 Å². The van der Waals surface area contributed by atoms with E-state index < -0.39 is 0 Å². The number of benzene rings is 1. The predicted octanol–water partition coefficient (Wildman–Crippen LogP) is 3.72. The molecule has 0 amide bonds. The number of likely N-dealkylation sites (tertiary alicyclic amines) is 1. The number of nitrogens with zero attached hydrogens (tertiary/aromatic N) is 2. The molecule has 0 saturated carbocycles. The van der Waals surface area contributed by atoms with Crippen LogP contribution in [0.2, 0.25) is 0 Å². The number of aromatic nitrogens is 1. The van der Waals surface area contributed by atoms with Crippen LogP contribution in [0.1, 0.15) is 31.9 Å². The van der Waals surface area contributed by atoms with Gasteiger partial charge in [-0.2, -0.15) is 0 Å². The summed E-state index contributed by atoms with van der Waals surface area (Å²) >= 11 is 0. The zero-order valence-electron chi connectivity index (χ0n) is 12.7. The molecule has 0 radical (unpaired) electrons. The first-order valence-electron chi connectivity index (χ1n) is 7.59. The zero-order valence-corrected chi connectivity index (χ0v) is 12.7. The van der Waals surface area contributed by atoms with Crippen molar-refractivity contribution in [3.8, 4) is 17.2 Å². The van der Waals surface area contributed by atoms with E-state index in [-0.39, 0.29) is 0 Å². The van der Waals surface area contributed by atoms with Crippen molar-refractivity contribution in [3.63, 3.8) is 0 Å². The maximum absolute atomic E-state index is 5.62. The Labute approximate surface area is 125 Å². The van der Waals surface area contributed by atoms with Crippen molar-refractivity contribution in [3.05, 3.63) is 36.2 Å². The Morgan fingerprint density at radius 2 is 2.10 bits per heavy atom. The fourth-order valence-corrected chi connectivity index (χ4v) is 2.85. The molecule has 1 unspecified atom stereocenters. The Morgan fingerprint density at radius 1 is 1.29 bits per heavy atom. The minimum atomic E-state index is 0.639. The lowest BCUT2D eigenvalue weighted by atomic mass is 10.0. The molecule has 1 atom stereocenters. The summed E-state index contributed by atoms with van der Waals surface area (Å²) in [5.41, 5.74) is 1.99. The molecular weight excluding hydrogens is 264 g/mol. The van der Waals surface area contributed by atoms with Gasteiger partial charge in [0.1, 0.15) is 12.0 Å². The number of oxazole rings is 1. The molecule has 0 bridgehead atoms. The first kappa shape index (κ1) is 14.1. The molecule has 3 rings (SSSR count). The lowest BCUT2D eigenvalue weighted by molar-refractivity contribution is 0.151. The van der Waals surface area contributed by atoms with E-state index in [4.69, 9.17) is 9.15 Å². The molecule has 21 heavy (non-hydrogen) atoms. The second-order valence-corrected chi connectivity index (χ2v) is 5.69. The summed E-state index contributed by atoms with van der Waals surface area (Å²) in [5, 5.41) is 0.